The van der Waals surface area contributed by atoms with Crippen LogP contribution in [0.2, 0.25) is 0 Å². The zero-order valence-electron chi connectivity index (χ0n) is 12.6. The third-order valence-corrected chi connectivity index (χ3v) is 4.52. The fourth-order valence-corrected chi connectivity index (χ4v) is 3.29. The van der Waals surface area contributed by atoms with E-state index in [0.29, 0.717) is 6.04 Å². The summed E-state index contributed by atoms with van der Waals surface area (Å²) < 4.78 is 0. The molecule has 1 aromatic carbocycles. The van der Waals surface area contributed by atoms with Crippen molar-refractivity contribution in [2.24, 2.45) is 5.92 Å². The van der Waals surface area contributed by atoms with Crippen molar-refractivity contribution in [1.29, 1.82) is 0 Å². The van der Waals surface area contributed by atoms with E-state index in [1.165, 1.54) is 56.2 Å². The molecule has 1 saturated carbocycles. The molecule has 2 atom stereocenters. The molecule has 1 nitrogen and oxygen atoms in total. The Bertz CT molecular complexity index is 354. The molecule has 1 N–H and O–H groups in total. The van der Waals surface area contributed by atoms with Gasteiger partial charge >= 0.3 is 0 Å². The van der Waals surface area contributed by atoms with Gasteiger partial charge in [0.15, 0.2) is 0 Å². The minimum absolute atomic E-state index is 0.689. The van der Waals surface area contributed by atoms with E-state index in [1.54, 1.807) is 0 Å². The van der Waals surface area contributed by atoms with Crippen LogP contribution in [0, 0.1) is 5.92 Å². The van der Waals surface area contributed by atoms with Crippen LogP contribution < -0.4 is 5.32 Å². The molecule has 0 bridgehead atoms. The largest absolute Gasteiger partial charge is 0.382 e. The van der Waals surface area contributed by atoms with Gasteiger partial charge in [-0.3, -0.25) is 0 Å². The van der Waals surface area contributed by atoms with Gasteiger partial charge in [0.2, 0.25) is 0 Å². The lowest BCUT2D eigenvalue weighted by molar-refractivity contribution is 0.422. The summed E-state index contributed by atoms with van der Waals surface area (Å²) in [4.78, 5) is 0. The minimum Gasteiger partial charge on any atom is -0.382 e. The molecule has 1 aliphatic carbocycles. The predicted molar refractivity (Wildman–Crippen MR) is 84.7 cm³/mol. The summed E-state index contributed by atoms with van der Waals surface area (Å²) in [6.45, 7) is 4.53. The number of hydrogen-bond acceptors (Lipinski definition) is 1. The SMILES string of the molecule is CCCC1CCCC(Nc2ccc(CC)cc2)CC1. The Morgan fingerprint density at radius 3 is 2.47 bits per heavy atom. The number of aryl methyl sites for hydroxylation is 1. The van der Waals surface area contributed by atoms with Crippen LogP contribution in [0.4, 0.5) is 5.69 Å². The van der Waals surface area contributed by atoms with Crippen LogP contribution >= 0.6 is 0 Å². The summed E-state index contributed by atoms with van der Waals surface area (Å²) in [5, 5.41) is 3.73. The molecule has 0 aliphatic heterocycles. The molecule has 0 radical (unpaired) electrons. The van der Waals surface area contributed by atoms with Gasteiger partial charge in [-0.05, 0) is 49.3 Å². The van der Waals surface area contributed by atoms with E-state index < -0.39 is 0 Å². The van der Waals surface area contributed by atoms with Crippen molar-refractivity contribution in [1.82, 2.24) is 0 Å². The summed E-state index contributed by atoms with van der Waals surface area (Å²) >= 11 is 0. The van der Waals surface area contributed by atoms with Crippen molar-refractivity contribution >= 4 is 5.69 Å². The molecule has 19 heavy (non-hydrogen) atoms. The van der Waals surface area contributed by atoms with E-state index in [-0.39, 0.29) is 0 Å². The van der Waals surface area contributed by atoms with Gasteiger partial charge in [0.25, 0.3) is 0 Å². The Hall–Kier alpha value is -0.980. The normalized spacial score (nSPS) is 23.9. The highest BCUT2D eigenvalue weighted by atomic mass is 14.9. The number of anilines is 1. The van der Waals surface area contributed by atoms with E-state index in [4.69, 9.17) is 0 Å². The van der Waals surface area contributed by atoms with Crippen LogP contribution in [0.1, 0.15) is 64.4 Å². The lowest BCUT2D eigenvalue weighted by atomic mass is 9.95. The maximum absolute atomic E-state index is 3.73. The highest BCUT2D eigenvalue weighted by Crippen LogP contribution is 2.28. The maximum Gasteiger partial charge on any atom is 0.0342 e. The number of rotatable bonds is 5. The molecular formula is C18H29N. The number of nitrogens with one attached hydrogen (secondary N) is 1. The van der Waals surface area contributed by atoms with Gasteiger partial charge in [0.05, 0.1) is 0 Å². The van der Waals surface area contributed by atoms with Crippen LogP contribution in [0.15, 0.2) is 24.3 Å². The summed E-state index contributed by atoms with van der Waals surface area (Å²) in [5.74, 6) is 0.985. The van der Waals surface area contributed by atoms with E-state index in [2.05, 4.69) is 43.4 Å². The van der Waals surface area contributed by atoms with E-state index in [0.717, 1.165) is 12.3 Å². The van der Waals surface area contributed by atoms with Gasteiger partial charge in [-0.15, -0.1) is 0 Å². The molecule has 0 spiro atoms. The summed E-state index contributed by atoms with van der Waals surface area (Å²) in [6.07, 6.45) is 10.9. The molecule has 106 valence electrons. The molecule has 0 heterocycles. The van der Waals surface area contributed by atoms with Crippen LogP contribution in [0.25, 0.3) is 0 Å². The van der Waals surface area contributed by atoms with Crippen molar-refractivity contribution in [2.75, 3.05) is 5.32 Å². The van der Waals surface area contributed by atoms with Gasteiger partial charge in [-0.25, -0.2) is 0 Å². The van der Waals surface area contributed by atoms with E-state index in [1.807, 2.05) is 0 Å². The third-order valence-electron chi connectivity index (χ3n) is 4.52. The van der Waals surface area contributed by atoms with Crippen LogP contribution in [-0.2, 0) is 6.42 Å². The second kappa shape index (κ2) is 7.57. The molecule has 1 aliphatic rings. The van der Waals surface area contributed by atoms with Crippen molar-refractivity contribution in [2.45, 2.75) is 71.3 Å². The highest BCUT2D eigenvalue weighted by Gasteiger charge is 2.18. The zero-order chi connectivity index (χ0) is 13.5. The van der Waals surface area contributed by atoms with Crippen LogP contribution in [-0.4, -0.2) is 6.04 Å². The summed E-state index contributed by atoms with van der Waals surface area (Å²) in [7, 11) is 0. The quantitative estimate of drug-likeness (QED) is 0.697. The fraction of sp³-hybridized carbons (Fsp3) is 0.667. The van der Waals surface area contributed by atoms with Crippen molar-refractivity contribution < 1.29 is 0 Å². The van der Waals surface area contributed by atoms with Gasteiger partial charge in [-0.1, -0.05) is 51.7 Å². The molecule has 1 aromatic rings. The standard InChI is InChI=1S/C18H29N/c1-3-6-16-7-5-8-17(14-11-16)19-18-12-9-15(4-2)10-13-18/h9-10,12-13,16-17,19H,3-8,11,14H2,1-2H3. The average molecular weight is 259 g/mol. The van der Waals surface area contributed by atoms with E-state index >= 15 is 0 Å². The monoisotopic (exact) mass is 259 g/mol. The first-order valence-corrected chi connectivity index (χ1v) is 8.17. The van der Waals surface area contributed by atoms with Gasteiger partial charge in [0.1, 0.15) is 0 Å². The molecule has 2 unspecified atom stereocenters. The molecule has 1 heteroatoms. The summed E-state index contributed by atoms with van der Waals surface area (Å²) in [5.41, 5.74) is 2.73. The average Bonchev–Trinajstić information content (AvgIpc) is 2.66. The predicted octanol–water partition coefficient (Wildman–Crippen LogP) is 5.41. The first-order valence-electron chi connectivity index (χ1n) is 8.17. The third kappa shape index (κ3) is 4.56. The second-order valence-electron chi connectivity index (χ2n) is 6.05. The fourth-order valence-electron chi connectivity index (χ4n) is 3.29. The molecule has 0 aromatic heterocycles. The number of hydrogen-bond donors (Lipinski definition) is 1. The first kappa shape index (κ1) is 14.4. The Morgan fingerprint density at radius 1 is 1.00 bits per heavy atom. The van der Waals surface area contributed by atoms with Gasteiger partial charge < -0.3 is 5.32 Å². The smallest absolute Gasteiger partial charge is 0.0342 e. The van der Waals surface area contributed by atoms with E-state index in [9.17, 15) is 0 Å². The lowest BCUT2D eigenvalue weighted by Crippen LogP contribution is -2.18. The first-order chi connectivity index (χ1) is 9.31. The van der Waals surface area contributed by atoms with Gasteiger partial charge in [0, 0.05) is 11.7 Å². The molecule has 1 fully saturated rings. The Morgan fingerprint density at radius 2 is 1.79 bits per heavy atom. The zero-order valence-corrected chi connectivity index (χ0v) is 12.6. The molecule has 0 amide bonds. The number of benzene rings is 1. The summed E-state index contributed by atoms with van der Waals surface area (Å²) in [6, 6.07) is 9.67. The topological polar surface area (TPSA) is 12.0 Å². The Balaban J connectivity index is 1.84. The van der Waals surface area contributed by atoms with Crippen molar-refractivity contribution in [3.63, 3.8) is 0 Å². The Kier molecular flexibility index (Phi) is 5.75. The molecule has 0 saturated heterocycles. The van der Waals surface area contributed by atoms with Crippen LogP contribution in [0.5, 0.6) is 0 Å². The van der Waals surface area contributed by atoms with Crippen molar-refractivity contribution in [3.05, 3.63) is 29.8 Å². The van der Waals surface area contributed by atoms with Gasteiger partial charge in [-0.2, -0.15) is 0 Å². The molecule has 2 rings (SSSR count). The molecular weight excluding hydrogens is 230 g/mol. The lowest BCUT2D eigenvalue weighted by Gasteiger charge is -2.18. The van der Waals surface area contributed by atoms with Crippen molar-refractivity contribution in [3.8, 4) is 0 Å². The minimum atomic E-state index is 0.689. The maximum atomic E-state index is 3.73. The Labute approximate surface area is 118 Å². The van der Waals surface area contributed by atoms with Crippen LogP contribution in [0.3, 0.4) is 0 Å². The second-order valence-corrected chi connectivity index (χ2v) is 6.05. The highest BCUT2D eigenvalue weighted by molar-refractivity contribution is 5.45.